The minimum Gasteiger partial charge on any atom is -0.507 e. The Bertz CT molecular complexity index is 1040. The van der Waals surface area contributed by atoms with Gasteiger partial charge in [-0.25, -0.2) is 4.79 Å². The molecular weight excluding hydrogens is 456 g/mol. The fourth-order valence-electron chi connectivity index (χ4n) is 3.17. The van der Waals surface area contributed by atoms with Gasteiger partial charge in [0.05, 0.1) is 16.6 Å². The molecule has 0 bridgehead atoms. The SMILES string of the molecule is CCOC(=O)c1c(NC(=O)C(C#N)=Cc2ccc(O)c(Br)c2)sc2c1CCCC2. The van der Waals surface area contributed by atoms with Crippen LogP contribution < -0.4 is 5.32 Å². The van der Waals surface area contributed by atoms with E-state index in [4.69, 9.17) is 4.74 Å². The number of amides is 1. The third-order valence-electron chi connectivity index (χ3n) is 4.53. The molecule has 2 N–H and O–H groups in total. The van der Waals surface area contributed by atoms with Crippen LogP contribution in [-0.2, 0) is 22.4 Å². The summed E-state index contributed by atoms with van der Waals surface area (Å²) in [7, 11) is 0. The number of phenolic OH excluding ortho intramolecular Hbond substituents is 1. The zero-order chi connectivity index (χ0) is 21.0. The molecule has 8 heteroatoms. The highest BCUT2D eigenvalue weighted by atomic mass is 79.9. The summed E-state index contributed by atoms with van der Waals surface area (Å²) in [5.41, 5.74) is 1.82. The topological polar surface area (TPSA) is 99.4 Å². The first-order valence-electron chi connectivity index (χ1n) is 9.18. The van der Waals surface area contributed by atoms with Crippen LogP contribution in [0.3, 0.4) is 0 Å². The minimum atomic E-state index is -0.596. The summed E-state index contributed by atoms with van der Waals surface area (Å²) >= 11 is 4.58. The van der Waals surface area contributed by atoms with E-state index in [0.717, 1.165) is 36.1 Å². The molecule has 2 aromatic rings. The molecular formula is C21H19BrN2O4S. The van der Waals surface area contributed by atoms with Gasteiger partial charge in [-0.2, -0.15) is 5.26 Å². The molecule has 1 aliphatic carbocycles. The maximum atomic E-state index is 12.7. The third-order valence-corrected chi connectivity index (χ3v) is 6.37. The predicted molar refractivity (Wildman–Crippen MR) is 115 cm³/mol. The number of ether oxygens (including phenoxy) is 1. The second-order valence-electron chi connectivity index (χ2n) is 6.47. The van der Waals surface area contributed by atoms with Crippen molar-refractivity contribution in [3.8, 4) is 11.8 Å². The van der Waals surface area contributed by atoms with Gasteiger partial charge in [-0.1, -0.05) is 6.07 Å². The normalized spacial score (nSPS) is 13.3. The molecule has 29 heavy (non-hydrogen) atoms. The van der Waals surface area contributed by atoms with Crippen LogP contribution in [-0.4, -0.2) is 23.6 Å². The lowest BCUT2D eigenvalue weighted by Crippen LogP contribution is -2.16. The number of carbonyl (C=O) groups is 2. The second kappa shape index (κ2) is 9.25. The van der Waals surface area contributed by atoms with E-state index >= 15 is 0 Å². The maximum Gasteiger partial charge on any atom is 0.341 e. The van der Waals surface area contributed by atoms with Crippen LogP contribution in [0.4, 0.5) is 5.00 Å². The fourth-order valence-corrected chi connectivity index (χ4v) is 4.84. The van der Waals surface area contributed by atoms with Gasteiger partial charge in [0.1, 0.15) is 22.4 Å². The fraction of sp³-hybridized carbons (Fsp3) is 0.286. The number of anilines is 1. The van der Waals surface area contributed by atoms with Gasteiger partial charge in [0.2, 0.25) is 0 Å². The summed E-state index contributed by atoms with van der Waals surface area (Å²) < 4.78 is 5.65. The quantitative estimate of drug-likeness (QED) is 0.367. The second-order valence-corrected chi connectivity index (χ2v) is 8.43. The lowest BCUT2D eigenvalue weighted by molar-refractivity contribution is -0.112. The lowest BCUT2D eigenvalue weighted by atomic mass is 9.95. The standard InChI is InChI=1S/C21H19BrN2O4S/c1-2-28-21(27)18-14-5-3-4-6-17(14)29-20(18)24-19(26)13(11-23)9-12-7-8-16(25)15(22)10-12/h7-10,25H,2-6H2,1H3,(H,24,26). The number of nitrogens with zero attached hydrogens (tertiary/aromatic N) is 1. The number of nitrogens with one attached hydrogen (secondary N) is 1. The minimum absolute atomic E-state index is 0.0633. The third kappa shape index (κ3) is 4.69. The van der Waals surface area contributed by atoms with E-state index in [1.54, 1.807) is 19.1 Å². The molecule has 0 radical (unpaired) electrons. The van der Waals surface area contributed by atoms with E-state index < -0.39 is 11.9 Å². The molecule has 0 atom stereocenters. The van der Waals surface area contributed by atoms with E-state index in [0.29, 0.717) is 20.6 Å². The molecule has 0 saturated heterocycles. The van der Waals surface area contributed by atoms with Crippen molar-refractivity contribution in [3.63, 3.8) is 0 Å². The molecule has 0 saturated carbocycles. The molecule has 6 nitrogen and oxygen atoms in total. The van der Waals surface area contributed by atoms with Crippen LogP contribution in [0, 0.1) is 11.3 Å². The number of halogens is 1. The molecule has 1 heterocycles. The largest absolute Gasteiger partial charge is 0.507 e. The van der Waals surface area contributed by atoms with Crippen molar-refractivity contribution >= 4 is 50.2 Å². The first-order chi connectivity index (χ1) is 13.9. The zero-order valence-corrected chi connectivity index (χ0v) is 18.2. The number of phenols is 1. The van der Waals surface area contributed by atoms with Gasteiger partial charge >= 0.3 is 5.97 Å². The van der Waals surface area contributed by atoms with E-state index in [-0.39, 0.29) is 17.9 Å². The Kier molecular flexibility index (Phi) is 6.72. The Hall–Kier alpha value is -2.63. The van der Waals surface area contributed by atoms with E-state index in [1.807, 2.05) is 6.07 Å². The molecule has 0 spiro atoms. The Morgan fingerprint density at radius 1 is 1.38 bits per heavy atom. The van der Waals surface area contributed by atoms with E-state index in [1.165, 1.54) is 23.5 Å². The van der Waals surface area contributed by atoms with Crippen LogP contribution >= 0.6 is 27.3 Å². The van der Waals surface area contributed by atoms with Crippen molar-refractivity contribution in [2.75, 3.05) is 11.9 Å². The van der Waals surface area contributed by atoms with Gasteiger partial charge in [0.25, 0.3) is 5.91 Å². The van der Waals surface area contributed by atoms with Crippen molar-refractivity contribution < 1.29 is 19.4 Å². The monoisotopic (exact) mass is 474 g/mol. The number of aryl methyl sites for hydroxylation is 1. The van der Waals surface area contributed by atoms with Crippen molar-refractivity contribution in [2.45, 2.75) is 32.6 Å². The molecule has 1 aromatic heterocycles. The molecule has 3 rings (SSSR count). The van der Waals surface area contributed by atoms with Crippen LogP contribution in [0.15, 0.2) is 28.2 Å². The highest BCUT2D eigenvalue weighted by Crippen LogP contribution is 2.38. The number of aromatic hydroxyl groups is 1. The van der Waals surface area contributed by atoms with Crippen molar-refractivity contribution in [2.24, 2.45) is 0 Å². The molecule has 1 amide bonds. The van der Waals surface area contributed by atoms with Crippen molar-refractivity contribution in [1.82, 2.24) is 0 Å². The summed E-state index contributed by atoms with van der Waals surface area (Å²) in [6.45, 7) is 1.98. The van der Waals surface area contributed by atoms with Crippen LogP contribution in [0.25, 0.3) is 6.08 Å². The lowest BCUT2D eigenvalue weighted by Gasteiger charge is -2.12. The van der Waals surface area contributed by atoms with Crippen molar-refractivity contribution in [3.05, 3.63) is 49.8 Å². The number of rotatable bonds is 5. The number of hydrogen-bond acceptors (Lipinski definition) is 6. The van der Waals surface area contributed by atoms with E-state index in [9.17, 15) is 20.0 Å². The number of hydrogen-bond donors (Lipinski definition) is 2. The van der Waals surface area contributed by atoms with Crippen LogP contribution in [0.1, 0.15) is 46.1 Å². The molecule has 0 fully saturated rings. The number of carbonyl (C=O) groups excluding carboxylic acids is 2. The Morgan fingerprint density at radius 2 is 2.14 bits per heavy atom. The van der Waals surface area contributed by atoms with Gasteiger partial charge in [0.15, 0.2) is 0 Å². The molecule has 0 aliphatic heterocycles. The van der Waals surface area contributed by atoms with Crippen LogP contribution in [0.2, 0.25) is 0 Å². The molecule has 150 valence electrons. The Morgan fingerprint density at radius 3 is 2.83 bits per heavy atom. The summed E-state index contributed by atoms with van der Waals surface area (Å²) in [4.78, 5) is 26.3. The number of esters is 1. The summed E-state index contributed by atoms with van der Waals surface area (Å²) in [6, 6.07) is 6.57. The number of thiophene rings is 1. The van der Waals surface area contributed by atoms with Gasteiger partial charge in [-0.15, -0.1) is 11.3 Å². The first kappa shape index (κ1) is 21.1. The van der Waals surface area contributed by atoms with Gasteiger partial charge in [0, 0.05) is 4.88 Å². The van der Waals surface area contributed by atoms with Gasteiger partial charge in [-0.05, 0) is 77.9 Å². The van der Waals surface area contributed by atoms with Gasteiger partial charge in [-0.3, -0.25) is 4.79 Å². The average Bonchev–Trinajstić information content (AvgIpc) is 3.06. The predicted octanol–water partition coefficient (Wildman–Crippen LogP) is 4.82. The molecule has 0 unspecified atom stereocenters. The van der Waals surface area contributed by atoms with Crippen molar-refractivity contribution in [1.29, 1.82) is 5.26 Å². The Balaban J connectivity index is 1.91. The first-order valence-corrected chi connectivity index (χ1v) is 10.8. The zero-order valence-electron chi connectivity index (χ0n) is 15.8. The average molecular weight is 475 g/mol. The highest BCUT2D eigenvalue weighted by molar-refractivity contribution is 9.10. The summed E-state index contributed by atoms with van der Waals surface area (Å²) in [6.07, 6.45) is 5.10. The summed E-state index contributed by atoms with van der Waals surface area (Å²) in [5.74, 6) is -0.985. The number of fused-ring (bicyclic) bond motifs is 1. The van der Waals surface area contributed by atoms with Crippen LogP contribution in [0.5, 0.6) is 5.75 Å². The number of nitriles is 1. The number of benzene rings is 1. The molecule has 1 aliphatic rings. The summed E-state index contributed by atoms with van der Waals surface area (Å²) in [5, 5.41) is 22.2. The van der Waals surface area contributed by atoms with E-state index in [2.05, 4.69) is 21.2 Å². The smallest absolute Gasteiger partial charge is 0.341 e. The Labute approximate surface area is 180 Å². The highest BCUT2D eigenvalue weighted by Gasteiger charge is 2.27. The van der Waals surface area contributed by atoms with Gasteiger partial charge < -0.3 is 15.2 Å². The molecule has 1 aromatic carbocycles. The maximum absolute atomic E-state index is 12.7.